The molecule has 0 atom stereocenters. The first-order chi connectivity index (χ1) is 13.5. The van der Waals surface area contributed by atoms with Crippen LogP contribution in [-0.4, -0.2) is 32.6 Å². The summed E-state index contributed by atoms with van der Waals surface area (Å²) in [6, 6.07) is 11.2. The van der Waals surface area contributed by atoms with Gasteiger partial charge in [0.2, 0.25) is 11.8 Å². The van der Waals surface area contributed by atoms with Gasteiger partial charge >= 0.3 is 0 Å². The summed E-state index contributed by atoms with van der Waals surface area (Å²) in [4.78, 5) is 25.2. The average Bonchev–Trinajstić information content (AvgIpc) is 3.51. The minimum absolute atomic E-state index is 0.285. The van der Waals surface area contributed by atoms with E-state index in [2.05, 4.69) is 10.6 Å². The number of benzene rings is 2. The van der Waals surface area contributed by atoms with E-state index in [1.165, 1.54) is 26.4 Å². The predicted octanol–water partition coefficient (Wildman–Crippen LogP) is 2.92. The molecule has 28 heavy (non-hydrogen) atoms. The van der Waals surface area contributed by atoms with E-state index in [4.69, 9.17) is 9.47 Å². The SMILES string of the molecule is COc1ccc(NC(=O)C2(C(=O)NCCc3ccc(F)cc3)CC2)cc1OC. The number of rotatable bonds is 8. The Bertz CT molecular complexity index is 863. The average molecular weight is 386 g/mol. The quantitative estimate of drug-likeness (QED) is 0.684. The molecule has 2 aromatic rings. The molecule has 0 radical (unpaired) electrons. The van der Waals surface area contributed by atoms with Gasteiger partial charge in [0.1, 0.15) is 11.2 Å². The molecule has 1 aliphatic carbocycles. The van der Waals surface area contributed by atoms with Gasteiger partial charge in [-0.2, -0.15) is 0 Å². The van der Waals surface area contributed by atoms with Crippen LogP contribution in [0.15, 0.2) is 42.5 Å². The first-order valence-corrected chi connectivity index (χ1v) is 9.05. The Hall–Kier alpha value is -3.09. The van der Waals surface area contributed by atoms with Crippen molar-refractivity contribution in [2.24, 2.45) is 5.41 Å². The van der Waals surface area contributed by atoms with E-state index in [1.54, 1.807) is 30.3 Å². The normalized spacial score (nSPS) is 14.1. The van der Waals surface area contributed by atoms with Gasteiger partial charge in [-0.05, 0) is 49.1 Å². The van der Waals surface area contributed by atoms with Crippen molar-refractivity contribution in [2.75, 3.05) is 26.1 Å². The van der Waals surface area contributed by atoms with Gasteiger partial charge in [-0.1, -0.05) is 12.1 Å². The van der Waals surface area contributed by atoms with E-state index in [0.29, 0.717) is 43.0 Å². The zero-order valence-electron chi connectivity index (χ0n) is 15.9. The molecule has 1 aliphatic rings. The minimum atomic E-state index is -1.03. The summed E-state index contributed by atoms with van der Waals surface area (Å²) >= 11 is 0. The number of hydrogen-bond donors (Lipinski definition) is 2. The second-order valence-corrected chi connectivity index (χ2v) is 6.74. The molecule has 1 saturated carbocycles. The number of nitrogens with one attached hydrogen (secondary N) is 2. The summed E-state index contributed by atoms with van der Waals surface area (Å²) in [5.41, 5.74) is 0.421. The van der Waals surface area contributed by atoms with Crippen molar-refractivity contribution >= 4 is 17.5 Å². The van der Waals surface area contributed by atoms with Crippen LogP contribution in [-0.2, 0) is 16.0 Å². The van der Waals surface area contributed by atoms with Crippen molar-refractivity contribution < 1.29 is 23.5 Å². The molecule has 0 saturated heterocycles. The Balaban J connectivity index is 1.57. The molecule has 2 aromatic carbocycles. The van der Waals surface area contributed by atoms with E-state index >= 15 is 0 Å². The Labute approximate surface area is 163 Å². The standard InChI is InChI=1S/C21H23FN2O4/c1-27-17-8-7-16(13-18(17)28-2)24-20(26)21(10-11-21)19(25)23-12-9-14-3-5-15(22)6-4-14/h3-8,13H,9-12H2,1-2H3,(H,23,25)(H,24,26). The zero-order valence-corrected chi connectivity index (χ0v) is 15.9. The lowest BCUT2D eigenvalue weighted by Gasteiger charge is -2.16. The summed E-state index contributed by atoms with van der Waals surface area (Å²) in [5, 5.41) is 5.61. The highest BCUT2D eigenvalue weighted by atomic mass is 19.1. The molecule has 0 heterocycles. The third-order valence-electron chi connectivity index (χ3n) is 4.87. The third-order valence-corrected chi connectivity index (χ3v) is 4.87. The number of hydrogen-bond acceptors (Lipinski definition) is 4. The maximum absolute atomic E-state index is 12.9. The van der Waals surface area contributed by atoms with Gasteiger partial charge in [-0.3, -0.25) is 9.59 Å². The molecule has 1 fully saturated rings. The lowest BCUT2D eigenvalue weighted by atomic mass is 10.0. The Morgan fingerprint density at radius 3 is 2.29 bits per heavy atom. The van der Waals surface area contributed by atoms with Gasteiger partial charge in [0.05, 0.1) is 14.2 Å². The third kappa shape index (κ3) is 4.24. The van der Waals surface area contributed by atoms with Crippen LogP contribution in [0.4, 0.5) is 10.1 Å². The summed E-state index contributed by atoms with van der Waals surface area (Å²) in [5.74, 6) is 0.136. The predicted molar refractivity (Wildman–Crippen MR) is 103 cm³/mol. The van der Waals surface area contributed by atoms with Gasteiger partial charge in [-0.25, -0.2) is 4.39 Å². The number of carbonyl (C=O) groups is 2. The molecule has 0 aromatic heterocycles. The maximum atomic E-state index is 12.9. The second kappa shape index (κ2) is 8.29. The largest absolute Gasteiger partial charge is 0.493 e. The lowest BCUT2D eigenvalue weighted by Crippen LogP contribution is -2.40. The van der Waals surface area contributed by atoms with E-state index in [0.717, 1.165) is 5.56 Å². The highest BCUT2D eigenvalue weighted by molar-refractivity contribution is 6.13. The zero-order chi connectivity index (χ0) is 20.1. The smallest absolute Gasteiger partial charge is 0.240 e. The maximum Gasteiger partial charge on any atom is 0.240 e. The topological polar surface area (TPSA) is 76.7 Å². The number of ether oxygens (including phenoxy) is 2. The van der Waals surface area contributed by atoms with Gasteiger partial charge in [-0.15, -0.1) is 0 Å². The number of amides is 2. The molecule has 0 bridgehead atoms. The van der Waals surface area contributed by atoms with Crippen molar-refractivity contribution in [1.29, 1.82) is 0 Å². The van der Waals surface area contributed by atoms with Crippen LogP contribution in [0.2, 0.25) is 0 Å². The summed E-state index contributed by atoms with van der Waals surface area (Å²) < 4.78 is 23.3. The fourth-order valence-electron chi connectivity index (χ4n) is 2.99. The first-order valence-electron chi connectivity index (χ1n) is 9.05. The fourth-order valence-corrected chi connectivity index (χ4v) is 2.99. The van der Waals surface area contributed by atoms with Gasteiger partial charge < -0.3 is 20.1 Å². The number of carbonyl (C=O) groups excluding carboxylic acids is 2. The van der Waals surface area contributed by atoms with Crippen LogP contribution in [0.1, 0.15) is 18.4 Å². The van der Waals surface area contributed by atoms with Crippen LogP contribution in [0, 0.1) is 11.2 Å². The molecule has 148 valence electrons. The van der Waals surface area contributed by atoms with E-state index in [9.17, 15) is 14.0 Å². The monoisotopic (exact) mass is 386 g/mol. The van der Waals surface area contributed by atoms with Crippen molar-refractivity contribution in [3.8, 4) is 11.5 Å². The van der Waals surface area contributed by atoms with Crippen LogP contribution in [0.25, 0.3) is 0 Å². The fraction of sp³-hybridized carbons (Fsp3) is 0.333. The summed E-state index contributed by atoms with van der Waals surface area (Å²) in [6.07, 6.45) is 1.59. The molecule has 2 amide bonds. The molecule has 0 unspecified atom stereocenters. The van der Waals surface area contributed by atoms with Crippen molar-refractivity contribution in [3.05, 3.63) is 53.8 Å². The van der Waals surface area contributed by atoms with E-state index in [-0.39, 0.29) is 17.6 Å². The highest BCUT2D eigenvalue weighted by Crippen LogP contribution is 2.47. The summed E-state index contributed by atoms with van der Waals surface area (Å²) in [7, 11) is 3.05. The van der Waals surface area contributed by atoms with Crippen LogP contribution in [0.5, 0.6) is 11.5 Å². The van der Waals surface area contributed by atoms with Gasteiger partial charge in [0.15, 0.2) is 11.5 Å². The molecular weight excluding hydrogens is 363 g/mol. The van der Waals surface area contributed by atoms with Crippen LogP contribution >= 0.6 is 0 Å². The second-order valence-electron chi connectivity index (χ2n) is 6.74. The molecule has 2 N–H and O–H groups in total. The highest BCUT2D eigenvalue weighted by Gasteiger charge is 2.56. The number of anilines is 1. The Morgan fingerprint density at radius 1 is 1.00 bits per heavy atom. The minimum Gasteiger partial charge on any atom is -0.493 e. The molecule has 3 rings (SSSR count). The molecule has 0 aliphatic heterocycles. The van der Waals surface area contributed by atoms with Crippen LogP contribution < -0.4 is 20.1 Å². The first kappa shape index (κ1) is 19.7. The van der Waals surface area contributed by atoms with Crippen molar-refractivity contribution in [3.63, 3.8) is 0 Å². The lowest BCUT2D eigenvalue weighted by molar-refractivity contribution is -0.134. The van der Waals surface area contributed by atoms with Gasteiger partial charge in [0.25, 0.3) is 0 Å². The Morgan fingerprint density at radius 2 is 1.68 bits per heavy atom. The van der Waals surface area contributed by atoms with E-state index in [1.807, 2.05) is 0 Å². The van der Waals surface area contributed by atoms with Crippen molar-refractivity contribution in [2.45, 2.75) is 19.3 Å². The number of halogens is 1. The van der Waals surface area contributed by atoms with Crippen molar-refractivity contribution in [1.82, 2.24) is 5.32 Å². The molecular formula is C21H23FN2O4. The Kier molecular flexibility index (Phi) is 5.82. The number of methoxy groups -OCH3 is 2. The van der Waals surface area contributed by atoms with E-state index < -0.39 is 5.41 Å². The molecule has 0 spiro atoms. The van der Waals surface area contributed by atoms with Crippen LogP contribution in [0.3, 0.4) is 0 Å². The molecule has 6 nitrogen and oxygen atoms in total. The summed E-state index contributed by atoms with van der Waals surface area (Å²) in [6.45, 7) is 0.385. The van der Waals surface area contributed by atoms with Gasteiger partial charge in [0, 0.05) is 18.3 Å². The molecule has 7 heteroatoms.